The van der Waals surface area contributed by atoms with Gasteiger partial charge in [-0.3, -0.25) is 4.79 Å². The second kappa shape index (κ2) is 5.12. The SMILES string of the molecule is Cc1cc(C(=O)O)c(NC(=O)CC(C)C)s1. The first-order valence-corrected chi connectivity index (χ1v) is 5.85. The van der Waals surface area contributed by atoms with E-state index in [-0.39, 0.29) is 17.4 Å². The van der Waals surface area contributed by atoms with Gasteiger partial charge in [0.25, 0.3) is 0 Å². The first-order valence-electron chi connectivity index (χ1n) is 5.03. The molecule has 1 rings (SSSR count). The van der Waals surface area contributed by atoms with Crippen molar-refractivity contribution < 1.29 is 14.7 Å². The molecule has 1 amide bonds. The maximum absolute atomic E-state index is 11.5. The van der Waals surface area contributed by atoms with Crippen LogP contribution in [0.5, 0.6) is 0 Å². The quantitative estimate of drug-likeness (QED) is 0.851. The van der Waals surface area contributed by atoms with Crippen LogP contribution in [-0.2, 0) is 4.79 Å². The van der Waals surface area contributed by atoms with Crippen LogP contribution < -0.4 is 5.32 Å². The number of thiophene rings is 1. The summed E-state index contributed by atoms with van der Waals surface area (Å²) in [6.45, 7) is 5.70. The molecule has 16 heavy (non-hydrogen) atoms. The monoisotopic (exact) mass is 241 g/mol. The molecule has 0 radical (unpaired) electrons. The molecule has 0 atom stereocenters. The third-order valence-corrected chi connectivity index (χ3v) is 2.90. The number of hydrogen-bond donors (Lipinski definition) is 2. The Kier molecular flexibility index (Phi) is 4.06. The minimum absolute atomic E-state index is 0.139. The lowest BCUT2D eigenvalue weighted by atomic mass is 10.1. The predicted octanol–water partition coefficient (Wildman–Crippen LogP) is 2.74. The van der Waals surface area contributed by atoms with Gasteiger partial charge in [0.15, 0.2) is 0 Å². The zero-order valence-corrected chi connectivity index (χ0v) is 10.4. The number of amides is 1. The minimum Gasteiger partial charge on any atom is -0.478 e. The van der Waals surface area contributed by atoms with Crippen molar-refractivity contribution >= 4 is 28.2 Å². The lowest BCUT2D eigenvalue weighted by Crippen LogP contribution is -2.14. The average molecular weight is 241 g/mol. The van der Waals surface area contributed by atoms with E-state index >= 15 is 0 Å². The summed E-state index contributed by atoms with van der Waals surface area (Å²) < 4.78 is 0. The molecule has 2 N–H and O–H groups in total. The molecule has 0 unspecified atom stereocenters. The van der Waals surface area contributed by atoms with E-state index < -0.39 is 5.97 Å². The number of hydrogen-bond acceptors (Lipinski definition) is 3. The van der Waals surface area contributed by atoms with Crippen molar-refractivity contribution in [3.8, 4) is 0 Å². The number of aromatic carboxylic acids is 1. The summed E-state index contributed by atoms with van der Waals surface area (Å²) >= 11 is 1.29. The fourth-order valence-electron chi connectivity index (χ4n) is 1.31. The smallest absolute Gasteiger partial charge is 0.338 e. The van der Waals surface area contributed by atoms with Gasteiger partial charge in [0.1, 0.15) is 5.00 Å². The molecule has 4 nitrogen and oxygen atoms in total. The van der Waals surface area contributed by atoms with Crippen molar-refractivity contribution in [2.75, 3.05) is 5.32 Å². The normalized spacial score (nSPS) is 10.5. The van der Waals surface area contributed by atoms with Crippen LogP contribution in [0.4, 0.5) is 5.00 Å². The van der Waals surface area contributed by atoms with E-state index in [0.717, 1.165) is 4.88 Å². The average Bonchev–Trinajstić information content (AvgIpc) is 2.44. The number of carboxylic acid groups (broad SMARTS) is 1. The summed E-state index contributed by atoms with van der Waals surface area (Å²) in [6, 6.07) is 1.57. The number of carbonyl (C=O) groups is 2. The Morgan fingerprint density at radius 2 is 2.12 bits per heavy atom. The maximum atomic E-state index is 11.5. The molecule has 0 aliphatic carbocycles. The molecular weight excluding hydrogens is 226 g/mol. The lowest BCUT2D eigenvalue weighted by molar-refractivity contribution is -0.116. The molecule has 0 aliphatic heterocycles. The fraction of sp³-hybridized carbons (Fsp3) is 0.455. The summed E-state index contributed by atoms with van der Waals surface area (Å²) in [6.07, 6.45) is 0.399. The van der Waals surface area contributed by atoms with Gasteiger partial charge >= 0.3 is 5.97 Å². The van der Waals surface area contributed by atoms with Crippen molar-refractivity contribution in [1.29, 1.82) is 0 Å². The molecule has 88 valence electrons. The van der Waals surface area contributed by atoms with E-state index in [2.05, 4.69) is 5.32 Å². The van der Waals surface area contributed by atoms with E-state index in [0.29, 0.717) is 11.4 Å². The highest BCUT2D eigenvalue weighted by atomic mass is 32.1. The fourth-order valence-corrected chi connectivity index (χ4v) is 2.23. The molecule has 0 fully saturated rings. The minimum atomic E-state index is -1.01. The second-order valence-electron chi connectivity index (χ2n) is 4.05. The zero-order chi connectivity index (χ0) is 12.3. The molecule has 0 aliphatic rings. The third-order valence-electron chi connectivity index (χ3n) is 1.93. The van der Waals surface area contributed by atoms with Crippen molar-refractivity contribution in [3.05, 3.63) is 16.5 Å². The Morgan fingerprint density at radius 1 is 1.50 bits per heavy atom. The summed E-state index contributed by atoms with van der Waals surface area (Å²) in [4.78, 5) is 23.3. The topological polar surface area (TPSA) is 66.4 Å². The van der Waals surface area contributed by atoms with Crippen LogP contribution in [0.25, 0.3) is 0 Å². The Hall–Kier alpha value is -1.36. The molecular formula is C11H15NO3S. The van der Waals surface area contributed by atoms with E-state index in [1.807, 2.05) is 20.8 Å². The molecule has 5 heteroatoms. The molecule has 0 saturated carbocycles. The molecule has 0 aromatic carbocycles. The van der Waals surface area contributed by atoms with Crippen molar-refractivity contribution in [1.82, 2.24) is 0 Å². The molecule has 1 aromatic heterocycles. The van der Waals surface area contributed by atoms with Crippen LogP contribution in [0.2, 0.25) is 0 Å². The van der Waals surface area contributed by atoms with Gasteiger partial charge < -0.3 is 10.4 Å². The second-order valence-corrected chi connectivity index (χ2v) is 5.31. The van der Waals surface area contributed by atoms with E-state index in [4.69, 9.17) is 5.11 Å². The third kappa shape index (κ3) is 3.34. The predicted molar refractivity (Wildman–Crippen MR) is 64.1 cm³/mol. The van der Waals surface area contributed by atoms with E-state index in [9.17, 15) is 9.59 Å². The van der Waals surface area contributed by atoms with Gasteiger partial charge in [0, 0.05) is 11.3 Å². The highest BCUT2D eigenvalue weighted by Crippen LogP contribution is 2.27. The maximum Gasteiger partial charge on any atom is 0.338 e. The lowest BCUT2D eigenvalue weighted by Gasteiger charge is -2.05. The summed E-state index contributed by atoms with van der Waals surface area (Å²) in [5.74, 6) is -0.891. The number of carboxylic acids is 1. The van der Waals surface area contributed by atoms with Crippen LogP contribution in [0.15, 0.2) is 6.07 Å². The highest BCUT2D eigenvalue weighted by molar-refractivity contribution is 7.16. The number of nitrogens with one attached hydrogen (secondary N) is 1. The number of rotatable bonds is 4. The Morgan fingerprint density at radius 3 is 2.62 bits per heavy atom. The highest BCUT2D eigenvalue weighted by Gasteiger charge is 2.16. The van der Waals surface area contributed by atoms with Gasteiger partial charge in [-0.15, -0.1) is 11.3 Å². The van der Waals surface area contributed by atoms with Gasteiger partial charge in [-0.25, -0.2) is 4.79 Å². The molecule has 0 bridgehead atoms. The number of anilines is 1. The first-order chi connectivity index (χ1) is 7.40. The molecule has 1 aromatic rings. The van der Waals surface area contributed by atoms with Gasteiger partial charge in [-0.1, -0.05) is 13.8 Å². The summed E-state index contributed by atoms with van der Waals surface area (Å²) in [5, 5.41) is 12.0. The van der Waals surface area contributed by atoms with Crippen LogP contribution in [0.3, 0.4) is 0 Å². The standard InChI is InChI=1S/C11H15NO3S/c1-6(2)4-9(13)12-10-8(11(14)15)5-7(3)16-10/h5-6H,4H2,1-3H3,(H,12,13)(H,14,15). The number of aryl methyl sites for hydroxylation is 1. The van der Waals surface area contributed by atoms with Crippen molar-refractivity contribution in [2.45, 2.75) is 27.2 Å². The Balaban J connectivity index is 2.80. The van der Waals surface area contributed by atoms with Crippen LogP contribution in [0.1, 0.15) is 35.5 Å². The van der Waals surface area contributed by atoms with Crippen LogP contribution >= 0.6 is 11.3 Å². The summed E-state index contributed by atoms with van der Waals surface area (Å²) in [5.41, 5.74) is 0.166. The van der Waals surface area contributed by atoms with E-state index in [1.54, 1.807) is 6.07 Å². The largest absolute Gasteiger partial charge is 0.478 e. The van der Waals surface area contributed by atoms with Gasteiger partial charge in [0.2, 0.25) is 5.91 Å². The van der Waals surface area contributed by atoms with Crippen molar-refractivity contribution in [3.63, 3.8) is 0 Å². The zero-order valence-electron chi connectivity index (χ0n) is 9.53. The number of carbonyl (C=O) groups excluding carboxylic acids is 1. The molecule has 0 spiro atoms. The molecule has 1 heterocycles. The van der Waals surface area contributed by atoms with Crippen LogP contribution in [-0.4, -0.2) is 17.0 Å². The Labute approximate surface area is 98.3 Å². The Bertz CT molecular complexity index is 409. The molecule has 0 saturated heterocycles. The van der Waals surface area contributed by atoms with E-state index in [1.165, 1.54) is 11.3 Å². The summed E-state index contributed by atoms with van der Waals surface area (Å²) in [7, 11) is 0. The van der Waals surface area contributed by atoms with Gasteiger partial charge in [-0.05, 0) is 18.9 Å². The first kappa shape index (κ1) is 12.7. The van der Waals surface area contributed by atoms with Gasteiger partial charge in [0.05, 0.1) is 5.56 Å². The van der Waals surface area contributed by atoms with Gasteiger partial charge in [-0.2, -0.15) is 0 Å². The van der Waals surface area contributed by atoms with Crippen LogP contribution in [0, 0.1) is 12.8 Å². The van der Waals surface area contributed by atoms with Crippen molar-refractivity contribution in [2.24, 2.45) is 5.92 Å².